The Kier molecular flexibility index (Phi) is 3.14. The Balaban J connectivity index is 2.83. The van der Waals surface area contributed by atoms with Crippen LogP contribution in [-0.4, -0.2) is 18.0 Å². The van der Waals surface area contributed by atoms with E-state index in [2.05, 4.69) is 9.78 Å². The van der Waals surface area contributed by atoms with E-state index in [0.29, 0.717) is 0 Å². The van der Waals surface area contributed by atoms with Crippen LogP contribution in [0.4, 0.5) is 5.69 Å². The van der Waals surface area contributed by atoms with Crippen molar-refractivity contribution in [2.24, 2.45) is 0 Å². The fraction of sp³-hybridized carbons (Fsp3) is 0.125. The number of benzene rings is 1. The summed E-state index contributed by atoms with van der Waals surface area (Å²) < 4.78 is 0. The molecule has 0 saturated carbocycles. The van der Waals surface area contributed by atoms with Crippen LogP contribution < -0.4 is 0 Å². The van der Waals surface area contributed by atoms with Gasteiger partial charge in [0.25, 0.3) is 5.69 Å². The number of non-ortho nitro benzene ring substituents is 1. The highest BCUT2D eigenvalue weighted by atomic mass is 17.2. The molecule has 0 amide bonds. The summed E-state index contributed by atoms with van der Waals surface area (Å²) in [5.74, 6) is -0.692. The third-order valence-electron chi connectivity index (χ3n) is 1.47. The van der Waals surface area contributed by atoms with Crippen LogP contribution >= 0.6 is 0 Å². The number of nitro benzene ring substituents is 1. The van der Waals surface area contributed by atoms with Gasteiger partial charge in [-0.1, -0.05) is 0 Å². The summed E-state index contributed by atoms with van der Waals surface area (Å²) >= 11 is 0. The van der Waals surface area contributed by atoms with Crippen molar-refractivity contribution >= 4 is 11.7 Å². The van der Waals surface area contributed by atoms with Gasteiger partial charge in [0.2, 0.25) is 0 Å². The zero-order valence-corrected chi connectivity index (χ0v) is 7.30. The zero-order valence-electron chi connectivity index (χ0n) is 7.30. The summed E-state index contributed by atoms with van der Waals surface area (Å²) in [5.41, 5.74) is 0.108. The van der Waals surface area contributed by atoms with E-state index in [1.165, 1.54) is 31.4 Å². The van der Waals surface area contributed by atoms with E-state index in [1.807, 2.05) is 0 Å². The Morgan fingerprint density at radius 2 is 1.93 bits per heavy atom. The summed E-state index contributed by atoms with van der Waals surface area (Å²) in [6.45, 7) is 0. The van der Waals surface area contributed by atoms with Gasteiger partial charge < -0.3 is 0 Å². The van der Waals surface area contributed by atoms with Crippen molar-refractivity contribution in [1.29, 1.82) is 0 Å². The van der Waals surface area contributed by atoms with E-state index in [9.17, 15) is 14.9 Å². The van der Waals surface area contributed by atoms with Crippen LogP contribution in [0.3, 0.4) is 0 Å². The van der Waals surface area contributed by atoms with Crippen molar-refractivity contribution < 1.29 is 19.5 Å². The van der Waals surface area contributed by atoms with E-state index in [1.54, 1.807) is 0 Å². The van der Waals surface area contributed by atoms with Crippen LogP contribution in [0.15, 0.2) is 24.3 Å². The molecule has 0 aliphatic rings. The predicted molar refractivity (Wildman–Crippen MR) is 45.5 cm³/mol. The topological polar surface area (TPSA) is 78.7 Å². The molecule has 0 saturated heterocycles. The molecule has 0 N–H and O–H groups in total. The molecule has 0 unspecified atom stereocenters. The van der Waals surface area contributed by atoms with Gasteiger partial charge in [0.05, 0.1) is 17.6 Å². The second-order valence-corrected chi connectivity index (χ2v) is 2.34. The van der Waals surface area contributed by atoms with Crippen LogP contribution in [0.25, 0.3) is 0 Å². The molecule has 0 heterocycles. The van der Waals surface area contributed by atoms with E-state index in [0.717, 1.165) is 0 Å². The third-order valence-corrected chi connectivity index (χ3v) is 1.47. The minimum atomic E-state index is -0.692. The Morgan fingerprint density at radius 1 is 1.36 bits per heavy atom. The Morgan fingerprint density at radius 3 is 2.36 bits per heavy atom. The molecular weight excluding hydrogens is 190 g/mol. The smallest absolute Gasteiger partial charge is 0.293 e. The van der Waals surface area contributed by atoms with Gasteiger partial charge in [-0.3, -0.25) is 15.0 Å². The number of nitro groups is 1. The summed E-state index contributed by atoms with van der Waals surface area (Å²) in [6, 6.07) is 5.01. The van der Waals surface area contributed by atoms with Gasteiger partial charge in [0, 0.05) is 12.1 Å². The first-order valence-corrected chi connectivity index (χ1v) is 3.64. The molecule has 1 aromatic carbocycles. The predicted octanol–water partition coefficient (Wildman–Crippen LogP) is 1.31. The Hall–Kier alpha value is -1.95. The minimum Gasteiger partial charge on any atom is -0.293 e. The van der Waals surface area contributed by atoms with Crippen molar-refractivity contribution in [1.82, 2.24) is 0 Å². The van der Waals surface area contributed by atoms with Crippen molar-refractivity contribution in [3.63, 3.8) is 0 Å². The monoisotopic (exact) mass is 197 g/mol. The van der Waals surface area contributed by atoms with Gasteiger partial charge in [0.1, 0.15) is 0 Å². The number of hydrogen-bond acceptors (Lipinski definition) is 5. The lowest BCUT2D eigenvalue weighted by Gasteiger charge is -1.98. The average molecular weight is 197 g/mol. The van der Waals surface area contributed by atoms with E-state index in [4.69, 9.17) is 0 Å². The first-order chi connectivity index (χ1) is 6.65. The second kappa shape index (κ2) is 4.33. The average Bonchev–Trinajstić information content (AvgIpc) is 2.18. The molecule has 1 aromatic rings. The zero-order chi connectivity index (χ0) is 10.6. The molecule has 14 heavy (non-hydrogen) atoms. The molecule has 0 radical (unpaired) electrons. The lowest BCUT2D eigenvalue weighted by atomic mass is 10.2. The quantitative estimate of drug-likeness (QED) is 0.414. The molecule has 6 nitrogen and oxygen atoms in total. The molecule has 0 aliphatic heterocycles. The Labute approximate surface area is 79.1 Å². The van der Waals surface area contributed by atoms with Gasteiger partial charge >= 0.3 is 5.97 Å². The standard InChI is InChI=1S/C8H7NO5/c1-13-14-8(10)6-2-4-7(5-3-6)9(11)12/h2-5H,1H3. The van der Waals surface area contributed by atoms with Crippen LogP contribution in [0.2, 0.25) is 0 Å². The molecule has 0 spiro atoms. The molecule has 0 aliphatic carbocycles. The number of nitrogens with zero attached hydrogens (tertiary/aromatic N) is 1. The molecule has 6 heteroatoms. The maximum atomic E-state index is 11.0. The molecule has 0 atom stereocenters. The highest BCUT2D eigenvalue weighted by molar-refractivity contribution is 5.89. The largest absolute Gasteiger partial charge is 0.373 e. The van der Waals surface area contributed by atoms with Gasteiger partial charge in [0.15, 0.2) is 0 Å². The van der Waals surface area contributed by atoms with Crippen LogP contribution in [0.1, 0.15) is 10.4 Å². The fourth-order valence-corrected chi connectivity index (χ4v) is 0.843. The lowest BCUT2D eigenvalue weighted by Crippen LogP contribution is -2.03. The van der Waals surface area contributed by atoms with Crippen LogP contribution in [0, 0.1) is 10.1 Å². The molecule has 0 bridgehead atoms. The van der Waals surface area contributed by atoms with Gasteiger partial charge in [-0.15, -0.1) is 0 Å². The summed E-state index contributed by atoms with van der Waals surface area (Å²) in [4.78, 5) is 29.1. The molecule has 74 valence electrons. The molecular formula is C8H7NO5. The molecule has 0 fully saturated rings. The normalized spacial score (nSPS) is 9.50. The highest BCUT2D eigenvalue weighted by Gasteiger charge is 2.10. The van der Waals surface area contributed by atoms with Gasteiger partial charge in [-0.2, -0.15) is 4.89 Å². The van der Waals surface area contributed by atoms with Gasteiger partial charge in [-0.05, 0) is 12.1 Å². The highest BCUT2D eigenvalue weighted by Crippen LogP contribution is 2.12. The van der Waals surface area contributed by atoms with Gasteiger partial charge in [-0.25, -0.2) is 4.79 Å². The number of hydrogen-bond donors (Lipinski definition) is 0. The Bertz CT molecular complexity index is 345. The molecule has 1 rings (SSSR count). The minimum absolute atomic E-state index is 0.0843. The maximum Gasteiger partial charge on any atom is 0.373 e. The third kappa shape index (κ3) is 2.27. The SMILES string of the molecule is COOC(=O)c1ccc([N+](=O)[O-])cc1. The summed E-state index contributed by atoms with van der Waals surface area (Å²) in [7, 11) is 1.20. The van der Waals surface area contributed by atoms with Crippen molar-refractivity contribution in [3.8, 4) is 0 Å². The number of carbonyl (C=O) groups excluding carboxylic acids is 1. The maximum absolute atomic E-state index is 11.0. The number of carbonyl (C=O) groups is 1. The van der Waals surface area contributed by atoms with Crippen molar-refractivity contribution in [2.45, 2.75) is 0 Å². The molecule has 0 aromatic heterocycles. The van der Waals surface area contributed by atoms with Crippen LogP contribution in [0.5, 0.6) is 0 Å². The van der Waals surface area contributed by atoms with E-state index >= 15 is 0 Å². The van der Waals surface area contributed by atoms with E-state index < -0.39 is 10.9 Å². The van der Waals surface area contributed by atoms with E-state index in [-0.39, 0.29) is 11.3 Å². The second-order valence-electron chi connectivity index (χ2n) is 2.34. The van der Waals surface area contributed by atoms with Crippen molar-refractivity contribution in [2.75, 3.05) is 7.11 Å². The number of rotatable bonds is 3. The lowest BCUT2D eigenvalue weighted by molar-refractivity contribution is -0.384. The first kappa shape index (κ1) is 10.1. The first-order valence-electron chi connectivity index (χ1n) is 3.64. The van der Waals surface area contributed by atoms with Crippen molar-refractivity contribution in [3.05, 3.63) is 39.9 Å². The summed E-state index contributed by atoms with van der Waals surface area (Å²) in [6.07, 6.45) is 0. The van der Waals surface area contributed by atoms with Crippen LogP contribution in [-0.2, 0) is 9.78 Å². The summed E-state index contributed by atoms with van der Waals surface area (Å²) in [5, 5.41) is 10.3. The fourth-order valence-electron chi connectivity index (χ4n) is 0.843.